The van der Waals surface area contributed by atoms with Gasteiger partial charge in [0, 0.05) is 6.54 Å². The van der Waals surface area contributed by atoms with E-state index in [4.69, 9.17) is 9.15 Å². The molecule has 2 aliphatic rings. The van der Waals surface area contributed by atoms with E-state index in [0.29, 0.717) is 30.3 Å². The molecule has 5 nitrogen and oxygen atoms in total. The van der Waals surface area contributed by atoms with Gasteiger partial charge in [-0.1, -0.05) is 13.8 Å². The van der Waals surface area contributed by atoms with Gasteiger partial charge in [-0.15, -0.1) is 0 Å². The average Bonchev–Trinajstić information content (AvgIpc) is 2.89. The predicted molar refractivity (Wildman–Crippen MR) is 93.3 cm³/mol. The van der Waals surface area contributed by atoms with Crippen LogP contribution >= 0.6 is 0 Å². The summed E-state index contributed by atoms with van der Waals surface area (Å²) in [5.74, 6) is 2.20. The van der Waals surface area contributed by atoms with Crippen LogP contribution < -0.4 is 0 Å². The van der Waals surface area contributed by atoms with E-state index in [1.807, 2.05) is 24.8 Å². The molecule has 1 unspecified atom stereocenters. The Bertz CT molecular complexity index is 575. The van der Waals surface area contributed by atoms with Crippen molar-refractivity contribution in [3.8, 4) is 0 Å². The Hall–Kier alpha value is -1.33. The molecule has 0 bridgehead atoms. The van der Waals surface area contributed by atoms with E-state index >= 15 is 0 Å². The normalized spacial score (nSPS) is 22.9. The molecule has 1 amide bonds. The Morgan fingerprint density at radius 3 is 2.54 bits per heavy atom. The van der Waals surface area contributed by atoms with Gasteiger partial charge in [0.25, 0.3) is 5.91 Å². The minimum atomic E-state index is -0.0951. The lowest BCUT2D eigenvalue weighted by molar-refractivity contribution is -0.168. The Labute approximate surface area is 144 Å². The highest BCUT2D eigenvalue weighted by Gasteiger charge is 2.48. The summed E-state index contributed by atoms with van der Waals surface area (Å²) < 4.78 is 11.7. The first-order valence-corrected chi connectivity index (χ1v) is 9.19. The van der Waals surface area contributed by atoms with Gasteiger partial charge in [-0.2, -0.15) is 0 Å². The van der Waals surface area contributed by atoms with Crippen LogP contribution in [0.5, 0.6) is 0 Å². The van der Waals surface area contributed by atoms with Gasteiger partial charge in [-0.25, -0.2) is 0 Å². The molecule has 0 radical (unpaired) electrons. The fourth-order valence-electron chi connectivity index (χ4n) is 3.96. The molecular formula is C19H30N2O3. The van der Waals surface area contributed by atoms with Gasteiger partial charge in [0.1, 0.15) is 17.1 Å². The van der Waals surface area contributed by atoms with Crippen LogP contribution in [0.2, 0.25) is 0 Å². The Morgan fingerprint density at radius 1 is 1.33 bits per heavy atom. The lowest BCUT2D eigenvalue weighted by atomic mass is 9.82. The van der Waals surface area contributed by atoms with Crippen LogP contribution in [-0.2, 0) is 4.74 Å². The third kappa shape index (κ3) is 3.38. The number of hydrogen-bond acceptors (Lipinski definition) is 4. The highest BCUT2D eigenvalue weighted by atomic mass is 16.5. The Kier molecular flexibility index (Phi) is 5.02. The average molecular weight is 334 g/mol. The van der Waals surface area contributed by atoms with E-state index in [-0.39, 0.29) is 11.5 Å². The summed E-state index contributed by atoms with van der Waals surface area (Å²) in [4.78, 5) is 16.9. The number of carbonyl (C=O) groups is 1. The smallest absolute Gasteiger partial charge is 0.257 e. The molecule has 0 saturated carbocycles. The van der Waals surface area contributed by atoms with Crippen molar-refractivity contribution in [2.45, 2.75) is 46.1 Å². The van der Waals surface area contributed by atoms with Gasteiger partial charge < -0.3 is 19.0 Å². The van der Waals surface area contributed by atoms with Crippen molar-refractivity contribution in [2.24, 2.45) is 5.92 Å². The first kappa shape index (κ1) is 17.5. The molecule has 3 heterocycles. The summed E-state index contributed by atoms with van der Waals surface area (Å²) in [7, 11) is 0. The molecule has 2 fully saturated rings. The summed E-state index contributed by atoms with van der Waals surface area (Å²) in [6.07, 6.45) is 2.26. The molecule has 2 saturated heterocycles. The fourth-order valence-corrected chi connectivity index (χ4v) is 3.96. The molecule has 3 rings (SSSR count). The third-order valence-corrected chi connectivity index (χ3v) is 5.56. The molecule has 2 aliphatic heterocycles. The second-order valence-electron chi connectivity index (χ2n) is 7.37. The number of amides is 1. The number of furan rings is 1. The monoisotopic (exact) mass is 334 g/mol. The molecule has 134 valence electrons. The van der Waals surface area contributed by atoms with Crippen molar-refractivity contribution in [1.82, 2.24) is 9.80 Å². The van der Waals surface area contributed by atoms with Crippen LogP contribution in [0, 0.1) is 19.8 Å². The van der Waals surface area contributed by atoms with Crippen molar-refractivity contribution in [2.75, 3.05) is 39.3 Å². The lowest BCUT2D eigenvalue weighted by Crippen LogP contribution is -2.66. The molecular weight excluding hydrogens is 304 g/mol. The van der Waals surface area contributed by atoms with Crippen molar-refractivity contribution in [3.05, 3.63) is 23.2 Å². The molecule has 0 aromatic carbocycles. The fraction of sp³-hybridized carbons (Fsp3) is 0.737. The first-order chi connectivity index (χ1) is 11.5. The maximum atomic E-state index is 12.6. The number of nitrogens with zero attached hydrogens (tertiary/aromatic N) is 2. The second kappa shape index (κ2) is 6.89. The quantitative estimate of drug-likeness (QED) is 0.831. The van der Waals surface area contributed by atoms with Crippen LogP contribution in [0.3, 0.4) is 0 Å². The molecule has 1 aromatic rings. The van der Waals surface area contributed by atoms with Crippen LogP contribution in [0.4, 0.5) is 0 Å². The van der Waals surface area contributed by atoms with Crippen molar-refractivity contribution in [3.63, 3.8) is 0 Å². The van der Waals surface area contributed by atoms with Gasteiger partial charge in [-0.3, -0.25) is 4.79 Å². The Balaban J connectivity index is 1.50. The first-order valence-electron chi connectivity index (χ1n) is 9.19. The second-order valence-corrected chi connectivity index (χ2v) is 7.37. The summed E-state index contributed by atoms with van der Waals surface area (Å²) in [6, 6.07) is 1.84. The number of aryl methyl sites for hydroxylation is 2. The van der Waals surface area contributed by atoms with E-state index < -0.39 is 0 Å². The highest BCUT2D eigenvalue weighted by Crippen LogP contribution is 2.37. The van der Waals surface area contributed by atoms with Gasteiger partial charge in [0.2, 0.25) is 0 Å². The van der Waals surface area contributed by atoms with E-state index in [2.05, 4.69) is 18.7 Å². The minimum Gasteiger partial charge on any atom is -0.466 e. The van der Waals surface area contributed by atoms with E-state index in [1.54, 1.807) is 0 Å². The summed E-state index contributed by atoms with van der Waals surface area (Å²) in [6.45, 7) is 13.7. The summed E-state index contributed by atoms with van der Waals surface area (Å²) in [5.41, 5.74) is 0.597. The molecule has 0 aliphatic carbocycles. The maximum absolute atomic E-state index is 12.6. The highest BCUT2D eigenvalue weighted by molar-refractivity contribution is 5.96. The van der Waals surface area contributed by atoms with Gasteiger partial charge in [-0.05, 0) is 51.8 Å². The van der Waals surface area contributed by atoms with Crippen LogP contribution in [0.15, 0.2) is 10.5 Å². The van der Waals surface area contributed by atoms with Crippen LogP contribution in [-0.4, -0.2) is 60.6 Å². The number of rotatable bonds is 5. The summed E-state index contributed by atoms with van der Waals surface area (Å²) >= 11 is 0. The van der Waals surface area contributed by atoms with Gasteiger partial charge in [0.15, 0.2) is 0 Å². The van der Waals surface area contributed by atoms with E-state index in [9.17, 15) is 4.79 Å². The standard InChI is InChI=1S/C19H30N2O3/c1-5-20(6-2)10-16-7-8-19(23-11-16)12-21(13-19)18(22)17-9-14(3)24-15(17)4/h9,16H,5-8,10-13H2,1-4H3. The molecule has 24 heavy (non-hydrogen) atoms. The SMILES string of the molecule is CCN(CC)CC1CCC2(CN(C(=O)c3cc(C)oc3C)C2)OC1. The topological polar surface area (TPSA) is 45.9 Å². The summed E-state index contributed by atoms with van der Waals surface area (Å²) in [5, 5.41) is 0. The minimum absolute atomic E-state index is 0.0730. The number of hydrogen-bond donors (Lipinski definition) is 0. The zero-order chi connectivity index (χ0) is 17.3. The number of ether oxygens (including phenoxy) is 1. The van der Waals surface area contributed by atoms with Crippen molar-refractivity contribution < 1.29 is 13.9 Å². The van der Waals surface area contributed by atoms with Crippen LogP contribution in [0.1, 0.15) is 48.6 Å². The van der Waals surface area contributed by atoms with Crippen LogP contribution in [0.25, 0.3) is 0 Å². The van der Waals surface area contributed by atoms with Crippen molar-refractivity contribution in [1.29, 1.82) is 0 Å². The van der Waals surface area contributed by atoms with E-state index in [0.717, 1.165) is 38.4 Å². The van der Waals surface area contributed by atoms with Gasteiger partial charge >= 0.3 is 0 Å². The largest absolute Gasteiger partial charge is 0.466 e. The maximum Gasteiger partial charge on any atom is 0.257 e. The predicted octanol–water partition coefficient (Wildman–Crippen LogP) is 2.86. The molecule has 1 atom stereocenters. The Morgan fingerprint density at radius 2 is 2.04 bits per heavy atom. The zero-order valence-corrected chi connectivity index (χ0v) is 15.4. The van der Waals surface area contributed by atoms with Crippen molar-refractivity contribution >= 4 is 5.91 Å². The van der Waals surface area contributed by atoms with E-state index in [1.165, 1.54) is 6.42 Å². The molecule has 1 aromatic heterocycles. The zero-order valence-electron chi connectivity index (χ0n) is 15.4. The molecule has 0 N–H and O–H groups in total. The third-order valence-electron chi connectivity index (χ3n) is 5.56. The number of carbonyl (C=O) groups excluding carboxylic acids is 1. The number of likely N-dealkylation sites (tertiary alicyclic amines) is 1. The lowest BCUT2D eigenvalue weighted by Gasteiger charge is -2.53. The van der Waals surface area contributed by atoms with Gasteiger partial charge in [0.05, 0.1) is 25.3 Å². The molecule has 1 spiro atoms. The molecule has 5 heteroatoms.